The molecule has 0 radical (unpaired) electrons. The van der Waals surface area contributed by atoms with Crippen LogP contribution in [-0.2, 0) is 6.54 Å². The van der Waals surface area contributed by atoms with Gasteiger partial charge in [-0.15, -0.1) is 11.3 Å². The summed E-state index contributed by atoms with van der Waals surface area (Å²) in [6, 6.07) is 8.14. The maximum Gasteiger partial charge on any atom is 0.255 e. The van der Waals surface area contributed by atoms with Gasteiger partial charge in [0.25, 0.3) is 5.91 Å². The van der Waals surface area contributed by atoms with Crippen molar-refractivity contribution in [1.82, 2.24) is 4.90 Å². The lowest BCUT2D eigenvalue weighted by Gasteiger charge is -2.17. The second kappa shape index (κ2) is 5.53. The van der Waals surface area contributed by atoms with Gasteiger partial charge in [-0.05, 0) is 37.6 Å². The minimum Gasteiger partial charge on any atom is -0.337 e. The van der Waals surface area contributed by atoms with Gasteiger partial charge in [0.05, 0.1) is 5.56 Å². The molecule has 2 aromatic rings. The van der Waals surface area contributed by atoms with Gasteiger partial charge in [0, 0.05) is 23.3 Å². The highest BCUT2D eigenvalue weighted by atomic mass is 32.1. The summed E-state index contributed by atoms with van der Waals surface area (Å²) in [5.41, 5.74) is 1.67. The molecule has 0 saturated carbocycles. The highest BCUT2D eigenvalue weighted by Gasteiger charge is 2.16. The van der Waals surface area contributed by atoms with Crippen LogP contribution in [0.2, 0.25) is 0 Å². The Morgan fingerprint density at radius 1 is 1.26 bits per heavy atom. The minimum atomic E-state index is -0.262. The van der Waals surface area contributed by atoms with Crippen LogP contribution in [0.4, 0.5) is 4.39 Å². The number of nitrogens with zero attached hydrogens (tertiary/aromatic N) is 1. The molecule has 0 bridgehead atoms. The normalized spacial score (nSPS) is 10.5. The van der Waals surface area contributed by atoms with Crippen molar-refractivity contribution in [2.24, 2.45) is 0 Å². The third-order valence-corrected chi connectivity index (χ3v) is 3.92. The van der Waals surface area contributed by atoms with Gasteiger partial charge < -0.3 is 4.90 Å². The van der Waals surface area contributed by atoms with Crippen molar-refractivity contribution in [3.63, 3.8) is 0 Å². The maximum atomic E-state index is 12.8. The lowest BCUT2D eigenvalue weighted by atomic mass is 10.2. The molecule has 0 aliphatic rings. The molecule has 2 rings (SSSR count). The molecule has 0 atom stereocenters. The summed E-state index contributed by atoms with van der Waals surface area (Å²) in [5, 5.41) is 0. The molecule has 1 amide bonds. The van der Waals surface area contributed by atoms with Crippen molar-refractivity contribution < 1.29 is 9.18 Å². The van der Waals surface area contributed by atoms with Gasteiger partial charge in [-0.3, -0.25) is 4.79 Å². The monoisotopic (exact) mass is 277 g/mol. The van der Waals surface area contributed by atoms with Crippen LogP contribution < -0.4 is 0 Å². The fourth-order valence-electron chi connectivity index (χ4n) is 1.98. The lowest BCUT2D eigenvalue weighted by Crippen LogP contribution is -2.26. The first-order chi connectivity index (χ1) is 8.97. The zero-order valence-corrected chi connectivity index (χ0v) is 12.1. The molecule has 0 N–H and O–H groups in total. The van der Waals surface area contributed by atoms with E-state index in [0.717, 1.165) is 20.9 Å². The Hall–Kier alpha value is -1.68. The van der Waals surface area contributed by atoms with E-state index in [-0.39, 0.29) is 11.7 Å². The summed E-state index contributed by atoms with van der Waals surface area (Å²) in [5.74, 6) is -0.256. The van der Waals surface area contributed by atoms with Crippen LogP contribution in [0.25, 0.3) is 0 Å². The number of rotatable bonds is 3. The molecular formula is C15H16FNOS. The van der Waals surface area contributed by atoms with Crippen LogP contribution in [0.15, 0.2) is 30.3 Å². The quantitative estimate of drug-likeness (QED) is 0.836. The fraction of sp³-hybridized carbons (Fsp3) is 0.267. The molecule has 0 spiro atoms. The predicted octanol–water partition coefficient (Wildman–Crippen LogP) is 3.78. The first kappa shape index (κ1) is 13.7. The Kier molecular flexibility index (Phi) is 4.00. The lowest BCUT2D eigenvalue weighted by molar-refractivity contribution is 0.0785. The van der Waals surface area contributed by atoms with Gasteiger partial charge in [-0.2, -0.15) is 0 Å². The molecule has 1 heterocycles. The van der Waals surface area contributed by atoms with Crippen LogP contribution in [-0.4, -0.2) is 17.9 Å². The second-order valence-electron chi connectivity index (χ2n) is 4.61. The summed E-state index contributed by atoms with van der Waals surface area (Å²) in [4.78, 5) is 16.1. The van der Waals surface area contributed by atoms with Crippen molar-refractivity contribution in [1.29, 1.82) is 0 Å². The first-order valence-electron chi connectivity index (χ1n) is 6.04. The number of hydrogen-bond acceptors (Lipinski definition) is 2. The number of carbonyl (C=O) groups is 1. The number of carbonyl (C=O) groups excluding carboxylic acids is 1. The second-order valence-corrected chi connectivity index (χ2v) is 6.08. The standard InChI is InChI=1S/C15H16FNOS/c1-10-8-14(11(2)19-10)15(18)17(3)9-12-4-6-13(16)7-5-12/h4-8H,9H2,1-3H3. The van der Waals surface area contributed by atoms with Gasteiger partial charge >= 0.3 is 0 Å². The maximum absolute atomic E-state index is 12.8. The smallest absolute Gasteiger partial charge is 0.255 e. The molecule has 1 aromatic carbocycles. The average molecular weight is 277 g/mol. The minimum absolute atomic E-state index is 0.00572. The van der Waals surface area contributed by atoms with Crippen LogP contribution in [0.1, 0.15) is 25.7 Å². The highest BCUT2D eigenvalue weighted by Crippen LogP contribution is 2.22. The van der Waals surface area contributed by atoms with Crippen molar-refractivity contribution in [2.45, 2.75) is 20.4 Å². The third kappa shape index (κ3) is 3.20. The largest absolute Gasteiger partial charge is 0.337 e. The molecule has 2 nitrogen and oxygen atoms in total. The molecule has 0 unspecified atom stereocenters. The Labute approximate surface area is 116 Å². The number of benzene rings is 1. The Balaban J connectivity index is 2.11. The third-order valence-electron chi connectivity index (χ3n) is 2.95. The number of amides is 1. The molecule has 0 aliphatic heterocycles. The number of aryl methyl sites for hydroxylation is 2. The fourth-order valence-corrected chi connectivity index (χ4v) is 2.90. The van der Waals surface area contributed by atoms with E-state index in [0.29, 0.717) is 6.54 Å². The summed E-state index contributed by atoms with van der Waals surface area (Å²) in [6.07, 6.45) is 0. The van der Waals surface area contributed by atoms with E-state index in [2.05, 4.69) is 0 Å². The van der Waals surface area contributed by atoms with Crippen molar-refractivity contribution in [3.8, 4) is 0 Å². The van der Waals surface area contributed by atoms with E-state index in [4.69, 9.17) is 0 Å². The van der Waals surface area contributed by atoms with E-state index in [9.17, 15) is 9.18 Å². The average Bonchev–Trinajstić information content (AvgIpc) is 2.70. The summed E-state index contributed by atoms with van der Waals surface area (Å²) >= 11 is 1.63. The first-order valence-corrected chi connectivity index (χ1v) is 6.86. The molecule has 1 aromatic heterocycles. The molecule has 0 aliphatic carbocycles. The van der Waals surface area contributed by atoms with Gasteiger partial charge in [0.1, 0.15) is 5.82 Å². The van der Waals surface area contributed by atoms with E-state index >= 15 is 0 Å². The molecule has 0 fully saturated rings. The summed E-state index contributed by atoms with van der Waals surface area (Å²) < 4.78 is 12.8. The van der Waals surface area contributed by atoms with E-state index in [1.54, 1.807) is 35.4 Å². The van der Waals surface area contributed by atoms with Crippen molar-refractivity contribution in [2.75, 3.05) is 7.05 Å². The van der Waals surface area contributed by atoms with Crippen molar-refractivity contribution >= 4 is 17.2 Å². The van der Waals surface area contributed by atoms with Crippen LogP contribution >= 0.6 is 11.3 Å². The Morgan fingerprint density at radius 3 is 2.42 bits per heavy atom. The Morgan fingerprint density at radius 2 is 1.89 bits per heavy atom. The van der Waals surface area contributed by atoms with Gasteiger partial charge in [-0.25, -0.2) is 4.39 Å². The zero-order chi connectivity index (χ0) is 14.0. The molecule has 0 saturated heterocycles. The molecule has 4 heteroatoms. The van der Waals surface area contributed by atoms with E-state index in [1.165, 1.54) is 12.1 Å². The van der Waals surface area contributed by atoms with Gasteiger partial charge in [0.2, 0.25) is 0 Å². The topological polar surface area (TPSA) is 20.3 Å². The van der Waals surface area contributed by atoms with E-state index in [1.807, 2.05) is 19.9 Å². The molecular weight excluding hydrogens is 261 g/mol. The number of hydrogen-bond donors (Lipinski definition) is 0. The number of thiophene rings is 1. The number of halogens is 1. The van der Waals surface area contributed by atoms with Crippen LogP contribution in [0.3, 0.4) is 0 Å². The molecule has 19 heavy (non-hydrogen) atoms. The zero-order valence-electron chi connectivity index (χ0n) is 11.2. The van der Waals surface area contributed by atoms with Gasteiger partial charge in [-0.1, -0.05) is 12.1 Å². The summed E-state index contributed by atoms with van der Waals surface area (Å²) in [6.45, 7) is 4.43. The van der Waals surface area contributed by atoms with Crippen LogP contribution in [0, 0.1) is 19.7 Å². The van der Waals surface area contributed by atoms with Crippen LogP contribution in [0.5, 0.6) is 0 Å². The van der Waals surface area contributed by atoms with Crippen molar-refractivity contribution in [3.05, 3.63) is 57.0 Å². The SMILES string of the molecule is Cc1cc(C(=O)N(C)Cc2ccc(F)cc2)c(C)s1. The van der Waals surface area contributed by atoms with Gasteiger partial charge in [0.15, 0.2) is 0 Å². The van der Waals surface area contributed by atoms with E-state index < -0.39 is 0 Å². The Bertz CT molecular complexity index is 589. The predicted molar refractivity (Wildman–Crippen MR) is 76.0 cm³/mol. The highest BCUT2D eigenvalue weighted by molar-refractivity contribution is 7.12. The molecule has 100 valence electrons. The summed E-state index contributed by atoms with van der Waals surface area (Å²) in [7, 11) is 1.76.